The number of phosphoric acid groups is 1. The van der Waals surface area contributed by atoms with Gasteiger partial charge in [0.1, 0.15) is 0 Å². The SMILES string of the molecule is CCOP(=O)(OC(C)CC)OC(C)CC. The molecule has 0 saturated carbocycles. The molecule has 0 radical (unpaired) electrons. The molecule has 0 aliphatic rings. The Balaban J connectivity index is 4.37. The van der Waals surface area contributed by atoms with Gasteiger partial charge in [-0.05, 0) is 33.6 Å². The number of hydrogen-bond acceptors (Lipinski definition) is 4. The van der Waals surface area contributed by atoms with Crippen molar-refractivity contribution in [2.45, 2.75) is 59.7 Å². The first-order valence-corrected chi connectivity index (χ1v) is 7.04. The van der Waals surface area contributed by atoms with Gasteiger partial charge < -0.3 is 0 Å². The summed E-state index contributed by atoms with van der Waals surface area (Å²) in [6.07, 6.45) is 1.32. The van der Waals surface area contributed by atoms with E-state index in [-0.39, 0.29) is 12.2 Å². The van der Waals surface area contributed by atoms with Crippen LogP contribution in [0.2, 0.25) is 0 Å². The van der Waals surface area contributed by atoms with Gasteiger partial charge in [0, 0.05) is 0 Å². The molecule has 0 amide bonds. The van der Waals surface area contributed by atoms with Crippen molar-refractivity contribution in [1.82, 2.24) is 0 Å². The summed E-state index contributed by atoms with van der Waals surface area (Å²) in [6, 6.07) is 0. The predicted octanol–water partition coefficient (Wildman–Crippen LogP) is 3.76. The van der Waals surface area contributed by atoms with E-state index >= 15 is 0 Å². The van der Waals surface area contributed by atoms with Crippen LogP contribution in [0.15, 0.2) is 0 Å². The molecular formula is C10H23O4P. The molecule has 2 atom stereocenters. The molecule has 0 aliphatic heterocycles. The fourth-order valence-corrected chi connectivity index (χ4v) is 2.50. The lowest BCUT2D eigenvalue weighted by Crippen LogP contribution is -2.13. The maximum atomic E-state index is 12.1. The molecule has 2 unspecified atom stereocenters. The quantitative estimate of drug-likeness (QED) is 0.604. The fourth-order valence-electron chi connectivity index (χ4n) is 0.834. The van der Waals surface area contributed by atoms with Crippen LogP contribution in [0.4, 0.5) is 0 Å². The third-order valence-electron chi connectivity index (χ3n) is 2.06. The zero-order valence-electron chi connectivity index (χ0n) is 10.4. The lowest BCUT2D eigenvalue weighted by atomic mass is 10.3. The fraction of sp³-hybridized carbons (Fsp3) is 1.00. The van der Waals surface area contributed by atoms with Crippen molar-refractivity contribution < 1.29 is 18.1 Å². The van der Waals surface area contributed by atoms with E-state index in [9.17, 15) is 4.57 Å². The third-order valence-corrected chi connectivity index (χ3v) is 3.87. The molecule has 0 rings (SSSR count). The topological polar surface area (TPSA) is 44.8 Å². The standard InChI is InChI=1S/C10H23O4P/c1-6-9(4)13-15(11,12-8-3)14-10(5)7-2/h9-10H,6-8H2,1-5H3. The van der Waals surface area contributed by atoms with E-state index in [4.69, 9.17) is 13.6 Å². The van der Waals surface area contributed by atoms with Crippen molar-refractivity contribution in [2.75, 3.05) is 6.61 Å². The van der Waals surface area contributed by atoms with Gasteiger partial charge in [0.25, 0.3) is 0 Å². The summed E-state index contributed by atoms with van der Waals surface area (Å²) in [7, 11) is -3.36. The first-order valence-electron chi connectivity index (χ1n) is 5.58. The normalized spacial score (nSPS) is 19.5. The summed E-state index contributed by atoms with van der Waals surface area (Å²) < 4.78 is 27.8. The Bertz CT molecular complexity index is 192. The molecule has 0 fully saturated rings. The van der Waals surface area contributed by atoms with E-state index in [1.807, 2.05) is 27.7 Å². The summed E-state index contributed by atoms with van der Waals surface area (Å²) in [5.41, 5.74) is 0. The minimum absolute atomic E-state index is 0.119. The Labute approximate surface area is 92.9 Å². The zero-order chi connectivity index (χ0) is 11.9. The minimum atomic E-state index is -3.36. The van der Waals surface area contributed by atoms with Gasteiger partial charge in [0.15, 0.2) is 0 Å². The van der Waals surface area contributed by atoms with Crippen LogP contribution in [0.3, 0.4) is 0 Å². The molecule has 15 heavy (non-hydrogen) atoms. The van der Waals surface area contributed by atoms with Crippen molar-refractivity contribution in [1.29, 1.82) is 0 Å². The van der Waals surface area contributed by atoms with Gasteiger partial charge in [0.05, 0.1) is 18.8 Å². The predicted molar refractivity (Wildman–Crippen MR) is 60.9 cm³/mol. The molecule has 0 aliphatic carbocycles. The monoisotopic (exact) mass is 238 g/mol. The van der Waals surface area contributed by atoms with Gasteiger partial charge in [-0.25, -0.2) is 4.57 Å². The second-order valence-corrected chi connectivity index (χ2v) is 5.09. The van der Waals surface area contributed by atoms with Crippen LogP contribution in [0, 0.1) is 0 Å². The van der Waals surface area contributed by atoms with E-state index in [1.165, 1.54) is 0 Å². The molecule has 0 aromatic rings. The van der Waals surface area contributed by atoms with Gasteiger partial charge in [-0.2, -0.15) is 0 Å². The molecule has 5 heteroatoms. The molecule has 4 nitrogen and oxygen atoms in total. The van der Waals surface area contributed by atoms with Crippen molar-refractivity contribution >= 4 is 7.82 Å². The average Bonchev–Trinajstić information content (AvgIpc) is 2.17. The van der Waals surface area contributed by atoms with Crippen LogP contribution >= 0.6 is 7.82 Å². The van der Waals surface area contributed by atoms with Gasteiger partial charge in [-0.1, -0.05) is 13.8 Å². The number of phosphoric ester groups is 1. The molecular weight excluding hydrogens is 215 g/mol. The van der Waals surface area contributed by atoms with Crippen molar-refractivity contribution in [3.63, 3.8) is 0 Å². The van der Waals surface area contributed by atoms with E-state index in [0.717, 1.165) is 12.8 Å². The first kappa shape index (κ1) is 15.1. The number of hydrogen-bond donors (Lipinski definition) is 0. The molecule has 0 saturated heterocycles. The van der Waals surface area contributed by atoms with Crippen LogP contribution < -0.4 is 0 Å². The van der Waals surface area contributed by atoms with Crippen LogP contribution in [-0.2, 0) is 18.1 Å². The van der Waals surface area contributed by atoms with Gasteiger partial charge in [-0.3, -0.25) is 13.6 Å². The van der Waals surface area contributed by atoms with Crippen LogP contribution in [0.5, 0.6) is 0 Å². The Hall–Kier alpha value is 0.110. The highest BCUT2D eigenvalue weighted by Crippen LogP contribution is 2.52. The highest BCUT2D eigenvalue weighted by Gasteiger charge is 2.30. The summed E-state index contributed by atoms with van der Waals surface area (Å²) in [5.74, 6) is 0. The molecule has 0 N–H and O–H groups in total. The molecule has 0 aromatic carbocycles. The van der Waals surface area contributed by atoms with Crippen LogP contribution in [0.1, 0.15) is 47.5 Å². The van der Waals surface area contributed by atoms with E-state index in [1.54, 1.807) is 6.92 Å². The largest absolute Gasteiger partial charge is 0.475 e. The molecule has 92 valence electrons. The second-order valence-electron chi connectivity index (χ2n) is 3.51. The second kappa shape index (κ2) is 7.39. The molecule has 0 spiro atoms. The first-order chi connectivity index (χ1) is 6.97. The van der Waals surface area contributed by atoms with Gasteiger partial charge >= 0.3 is 7.82 Å². The minimum Gasteiger partial charge on any atom is -0.287 e. The molecule has 0 bridgehead atoms. The van der Waals surface area contributed by atoms with Crippen molar-refractivity contribution in [3.05, 3.63) is 0 Å². The highest BCUT2D eigenvalue weighted by molar-refractivity contribution is 7.48. The Morgan fingerprint density at radius 3 is 1.67 bits per heavy atom. The zero-order valence-corrected chi connectivity index (χ0v) is 11.3. The summed E-state index contributed by atoms with van der Waals surface area (Å²) in [5, 5.41) is 0. The molecule has 0 heterocycles. The summed E-state index contributed by atoms with van der Waals surface area (Å²) in [6.45, 7) is 9.72. The van der Waals surface area contributed by atoms with Gasteiger partial charge in [0.2, 0.25) is 0 Å². The van der Waals surface area contributed by atoms with E-state index in [2.05, 4.69) is 0 Å². The summed E-state index contributed by atoms with van der Waals surface area (Å²) >= 11 is 0. The van der Waals surface area contributed by atoms with Crippen molar-refractivity contribution in [3.8, 4) is 0 Å². The lowest BCUT2D eigenvalue weighted by Gasteiger charge is -2.23. The maximum Gasteiger partial charge on any atom is 0.475 e. The smallest absolute Gasteiger partial charge is 0.287 e. The van der Waals surface area contributed by atoms with Crippen LogP contribution in [-0.4, -0.2) is 18.8 Å². The molecule has 0 aromatic heterocycles. The third kappa shape index (κ3) is 6.31. The number of rotatable bonds is 8. The maximum absolute atomic E-state index is 12.1. The Morgan fingerprint density at radius 1 is 1.00 bits per heavy atom. The Morgan fingerprint density at radius 2 is 1.40 bits per heavy atom. The van der Waals surface area contributed by atoms with Crippen molar-refractivity contribution in [2.24, 2.45) is 0 Å². The van der Waals surface area contributed by atoms with E-state index < -0.39 is 7.82 Å². The Kier molecular flexibility index (Phi) is 7.45. The average molecular weight is 238 g/mol. The van der Waals surface area contributed by atoms with E-state index in [0.29, 0.717) is 6.61 Å². The lowest BCUT2D eigenvalue weighted by molar-refractivity contribution is 0.0626. The highest BCUT2D eigenvalue weighted by atomic mass is 31.2. The summed E-state index contributed by atoms with van der Waals surface area (Å²) in [4.78, 5) is 0. The van der Waals surface area contributed by atoms with Gasteiger partial charge in [-0.15, -0.1) is 0 Å². The van der Waals surface area contributed by atoms with Crippen LogP contribution in [0.25, 0.3) is 0 Å².